The molecule has 1 aromatic rings. The molecule has 1 unspecified atom stereocenters. The van der Waals surface area contributed by atoms with Gasteiger partial charge in [0.2, 0.25) is 15.9 Å². The van der Waals surface area contributed by atoms with Gasteiger partial charge in [0.05, 0.1) is 30.0 Å². The van der Waals surface area contributed by atoms with Crippen LogP contribution in [0.5, 0.6) is 0 Å². The number of nitrogens with zero attached hydrogens (tertiary/aromatic N) is 2. The zero-order valence-electron chi connectivity index (χ0n) is 16.1. The lowest BCUT2D eigenvalue weighted by molar-refractivity contribution is -0.144. The van der Waals surface area contributed by atoms with Crippen molar-refractivity contribution in [3.8, 4) is 6.07 Å². The van der Waals surface area contributed by atoms with E-state index in [1.165, 1.54) is 26.0 Å². The summed E-state index contributed by atoms with van der Waals surface area (Å²) < 4.78 is 31.2. The van der Waals surface area contributed by atoms with E-state index < -0.39 is 27.1 Å². The van der Waals surface area contributed by atoms with E-state index in [4.69, 9.17) is 10.00 Å². The minimum absolute atomic E-state index is 0.0379. The van der Waals surface area contributed by atoms with Gasteiger partial charge in [0.1, 0.15) is 0 Å². The summed E-state index contributed by atoms with van der Waals surface area (Å²) in [7, 11) is -3.90. The van der Waals surface area contributed by atoms with Crippen LogP contribution in [0.15, 0.2) is 24.3 Å². The van der Waals surface area contributed by atoms with E-state index in [9.17, 15) is 18.0 Å². The molecule has 0 heterocycles. The van der Waals surface area contributed by atoms with E-state index in [0.29, 0.717) is 0 Å². The number of ether oxygens (including phenoxy) is 1. The highest BCUT2D eigenvalue weighted by Gasteiger charge is 2.32. The van der Waals surface area contributed by atoms with Crippen LogP contribution in [0.25, 0.3) is 0 Å². The number of carbonyl (C=O) groups is 2. The van der Waals surface area contributed by atoms with E-state index in [0.717, 1.165) is 9.87 Å². The highest BCUT2D eigenvalue weighted by atomic mass is 32.2. The lowest BCUT2D eigenvalue weighted by Crippen LogP contribution is -2.41. The number of anilines is 1. The van der Waals surface area contributed by atoms with Crippen LogP contribution in [-0.4, -0.2) is 32.2 Å². The molecule has 0 aliphatic carbocycles. The predicted octanol–water partition coefficient (Wildman–Crippen LogP) is 2.80. The summed E-state index contributed by atoms with van der Waals surface area (Å²) in [6.45, 7) is 6.65. The van der Waals surface area contributed by atoms with Gasteiger partial charge < -0.3 is 4.74 Å². The van der Waals surface area contributed by atoms with Crippen molar-refractivity contribution in [3.05, 3.63) is 29.8 Å². The summed E-state index contributed by atoms with van der Waals surface area (Å²) in [4.78, 5) is 24.4. The van der Waals surface area contributed by atoms with Crippen LogP contribution in [0, 0.1) is 17.2 Å². The minimum Gasteiger partial charge on any atom is -0.466 e. The highest BCUT2D eigenvalue weighted by molar-refractivity contribution is 7.94. The van der Waals surface area contributed by atoms with E-state index in [2.05, 4.69) is 0 Å². The number of sulfonamides is 1. The molecule has 1 atom stereocenters. The van der Waals surface area contributed by atoms with Gasteiger partial charge in [-0.25, -0.2) is 12.7 Å². The van der Waals surface area contributed by atoms with Crippen molar-refractivity contribution < 1.29 is 22.7 Å². The molecule has 27 heavy (non-hydrogen) atoms. The molecule has 1 rings (SSSR count). The summed E-state index contributed by atoms with van der Waals surface area (Å²) >= 11 is 0. The third kappa shape index (κ3) is 6.36. The number of esters is 1. The number of benzene rings is 1. The number of hydrogen-bond acceptors (Lipinski definition) is 6. The first kappa shape index (κ1) is 22.6. The third-order valence-corrected chi connectivity index (χ3v) is 5.99. The second-order valence-electron chi connectivity index (χ2n) is 6.57. The van der Waals surface area contributed by atoms with Crippen LogP contribution < -0.4 is 4.31 Å². The van der Waals surface area contributed by atoms with Crippen molar-refractivity contribution in [2.75, 3.05) is 10.9 Å². The van der Waals surface area contributed by atoms with Gasteiger partial charge in [-0.2, -0.15) is 5.26 Å². The fraction of sp³-hybridized carbons (Fsp3) is 0.526. The van der Waals surface area contributed by atoms with E-state index >= 15 is 0 Å². The van der Waals surface area contributed by atoms with Crippen LogP contribution in [-0.2, 0) is 30.8 Å². The molecule has 0 saturated carbocycles. The summed E-state index contributed by atoms with van der Waals surface area (Å²) in [5, 5.41) is 7.96. The topological polar surface area (TPSA) is 105 Å². The Bertz CT molecular complexity index is 794. The number of carbonyl (C=O) groups excluding carboxylic acids is 2. The first-order valence-electron chi connectivity index (χ1n) is 8.81. The second-order valence-corrected chi connectivity index (χ2v) is 8.91. The average molecular weight is 394 g/mol. The molecular weight excluding hydrogens is 368 g/mol. The molecule has 1 aromatic carbocycles. The largest absolute Gasteiger partial charge is 0.466 e. The SMILES string of the molecule is CCOC(=O)CC(C)CC(=O)N(c1ccc(CC#N)cc1)S(=O)(=O)C(C)C. The maximum absolute atomic E-state index is 12.8. The number of nitriles is 1. The van der Waals surface area contributed by atoms with E-state index in [1.807, 2.05) is 6.07 Å². The summed E-state index contributed by atoms with van der Waals surface area (Å²) in [6.07, 6.45) is 0.128. The van der Waals surface area contributed by atoms with Gasteiger partial charge in [-0.1, -0.05) is 19.1 Å². The fourth-order valence-corrected chi connectivity index (χ4v) is 3.64. The lowest BCUT2D eigenvalue weighted by atomic mass is 10.0. The molecule has 0 aliphatic heterocycles. The zero-order valence-corrected chi connectivity index (χ0v) is 17.0. The Kier molecular flexibility index (Phi) is 8.44. The molecule has 1 amide bonds. The highest BCUT2D eigenvalue weighted by Crippen LogP contribution is 2.24. The van der Waals surface area contributed by atoms with Crippen molar-refractivity contribution in [3.63, 3.8) is 0 Å². The van der Waals surface area contributed by atoms with Crippen molar-refractivity contribution >= 4 is 27.6 Å². The van der Waals surface area contributed by atoms with Gasteiger partial charge in [-0.3, -0.25) is 9.59 Å². The maximum atomic E-state index is 12.8. The number of amides is 1. The van der Waals surface area contributed by atoms with Crippen molar-refractivity contribution in [1.82, 2.24) is 0 Å². The van der Waals surface area contributed by atoms with Crippen LogP contribution in [0.3, 0.4) is 0 Å². The molecule has 0 N–H and O–H groups in total. The maximum Gasteiger partial charge on any atom is 0.306 e. The van der Waals surface area contributed by atoms with Crippen LogP contribution >= 0.6 is 0 Å². The number of hydrogen-bond donors (Lipinski definition) is 0. The first-order valence-corrected chi connectivity index (χ1v) is 10.3. The van der Waals surface area contributed by atoms with Crippen LogP contribution in [0.1, 0.15) is 46.1 Å². The molecule has 8 heteroatoms. The van der Waals surface area contributed by atoms with Gasteiger partial charge >= 0.3 is 5.97 Å². The van der Waals surface area contributed by atoms with E-state index in [-0.39, 0.29) is 37.5 Å². The summed E-state index contributed by atoms with van der Waals surface area (Å²) in [5.74, 6) is -1.38. The smallest absolute Gasteiger partial charge is 0.306 e. The number of rotatable bonds is 9. The monoisotopic (exact) mass is 394 g/mol. The quantitative estimate of drug-likeness (QED) is 0.597. The molecular formula is C19H26N2O5S. The Morgan fingerprint density at radius 2 is 1.74 bits per heavy atom. The van der Waals surface area contributed by atoms with Gasteiger partial charge in [-0.05, 0) is 44.4 Å². The third-order valence-electron chi connectivity index (χ3n) is 3.87. The standard InChI is InChI=1S/C19H26N2O5S/c1-5-26-19(23)13-15(4)12-18(22)21(27(24,25)14(2)3)17-8-6-16(7-9-17)10-11-20/h6-9,14-15H,5,10,12-13H2,1-4H3. The fourth-order valence-electron chi connectivity index (χ4n) is 2.44. The zero-order chi connectivity index (χ0) is 20.6. The lowest BCUT2D eigenvalue weighted by Gasteiger charge is -2.26. The van der Waals surface area contributed by atoms with Crippen molar-refractivity contribution in [1.29, 1.82) is 5.26 Å². The Balaban J connectivity index is 3.10. The molecule has 0 aliphatic rings. The van der Waals surface area contributed by atoms with E-state index in [1.54, 1.807) is 26.0 Å². The summed E-state index contributed by atoms with van der Waals surface area (Å²) in [5.41, 5.74) is 0.949. The summed E-state index contributed by atoms with van der Waals surface area (Å²) in [6, 6.07) is 8.29. The normalized spacial score (nSPS) is 12.3. The van der Waals surface area contributed by atoms with Gasteiger partial charge in [-0.15, -0.1) is 0 Å². The molecule has 0 spiro atoms. The molecule has 0 fully saturated rings. The molecule has 0 bridgehead atoms. The molecule has 0 aromatic heterocycles. The molecule has 0 radical (unpaired) electrons. The van der Waals surface area contributed by atoms with Crippen molar-refractivity contribution in [2.45, 2.75) is 52.2 Å². The Hall–Kier alpha value is -2.40. The van der Waals surface area contributed by atoms with Gasteiger partial charge in [0, 0.05) is 12.8 Å². The molecule has 148 valence electrons. The Labute approximate surface area is 161 Å². The minimum atomic E-state index is -3.90. The Morgan fingerprint density at radius 3 is 2.22 bits per heavy atom. The average Bonchev–Trinajstić information content (AvgIpc) is 2.56. The molecule has 7 nitrogen and oxygen atoms in total. The second kappa shape index (κ2) is 10.1. The molecule has 0 saturated heterocycles. The van der Waals surface area contributed by atoms with Crippen LogP contribution in [0.4, 0.5) is 5.69 Å². The Morgan fingerprint density at radius 1 is 1.15 bits per heavy atom. The van der Waals surface area contributed by atoms with Crippen LogP contribution in [0.2, 0.25) is 0 Å². The van der Waals surface area contributed by atoms with Crippen molar-refractivity contribution in [2.24, 2.45) is 5.92 Å². The van der Waals surface area contributed by atoms with Gasteiger partial charge in [0.25, 0.3) is 0 Å². The first-order chi connectivity index (χ1) is 12.6. The van der Waals surface area contributed by atoms with Gasteiger partial charge in [0.15, 0.2) is 0 Å². The predicted molar refractivity (Wildman–Crippen MR) is 102 cm³/mol.